The molecular formula is C26H26ClN3O3. The third-order valence-electron chi connectivity index (χ3n) is 5.98. The van der Waals surface area contributed by atoms with Crippen molar-refractivity contribution < 1.29 is 14.3 Å². The quantitative estimate of drug-likeness (QED) is 0.548. The van der Waals surface area contributed by atoms with Crippen molar-refractivity contribution in [3.63, 3.8) is 0 Å². The number of rotatable bonds is 5. The lowest BCUT2D eigenvalue weighted by Gasteiger charge is -2.36. The average molecular weight is 464 g/mol. The van der Waals surface area contributed by atoms with Crippen LogP contribution in [-0.2, 0) is 0 Å². The van der Waals surface area contributed by atoms with E-state index in [4.69, 9.17) is 16.3 Å². The summed E-state index contributed by atoms with van der Waals surface area (Å²) in [6.07, 6.45) is 2.80. The Morgan fingerprint density at radius 1 is 1.03 bits per heavy atom. The van der Waals surface area contributed by atoms with E-state index in [9.17, 15) is 9.59 Å². The van der Waals surface area contributed by atoms with Crippen LogP contribution in [0.25, 0.3) is 0 Å². The van der Waals surface area contributed by atoms with Crippen molar-refractivity contribution in [1.82, 2.24) is 15.2 Å². The van der Waals surface area contributed by atoms with E-state index in [0.29, 0.717) is 35.1 Å². The van der Waals surface area contributed by atoms with Gasteiger partial charge in [-0.2, -0.15) is 0 Å². The summed E-state index contributed by atoms with van der Waals surface area (Å²) in [4.78, 5) is 31.5. The maximum atomic E-state index is 12.9. The fourth-order valence-corrected chi connectivity index (χ4v) is 4.24. The fourth-order valence-electron chi connectivity index (χ4n) is 4.11. The molecule has 0 spiro atoms. The van der Waals surface area contributed by atoms with Gasteiger partial charge in [-0.3, -0.25) is 9.78 Å². The first-order valence-corrected chi connectivity index (χ1v) is 11.4. The summed E-state index contributed by atoms with van der Waals surface area (Å²) >= 11 is 5.96. The number of likely N-dealkylation sites (tertiary alicyclic amines) is 1. The van der Waals surface area contributed by atoms with Crippen molar-refractivity contribution in [1.29, 1.82) is 0 Å². The Morgan fingerprint density at radius 2 is 1.73 bits per heavy atom. The Kier molecular flexibility index (Phi) is 7.25. The van der Waals surface area contributed by atoms with Crippen LogP contribution in [0.15, 0.2) is 72.9 Å². The molecular weight excluding hydrogens is 438 g/mol. The van der Waals surface area contributed by atoms with Crippen molar-refractivity contribution in [2.45, 2.75) is 25.8 Å². The van der Waals surface area contributed by atoms with Crippen molar-refractivity contribution in [2.75, 3.05) is 13.1 Å². The molecule has 6 nitrogen and oxygen atoms in total. The van der Waals surface area contributed by atoms with Crippen molar-refractivity contribution >= 4 is 23.6 Å². The minimum Gasteiger partial charge on any atom is -0.408 e. The number of carbonyl (C=O) groups is 2. The standard InChI is InChI=1S/C26H26ClN3O3/c1-18-23(8-5-15-28-18)33-26(32)30-16-13-20(14-17-30)24(19-6-3-2-4-7-19)29-25(31)21-9-11-22(27)12-10-21/h2-12,15,20,24H,13-14,16-17H2,1H3,(H,29,31)/t24-/m1/s1. The van der Waals surface area contributed by atoms with Gasteiger partial charge in [0, 0.05) is 29.9 Å². The number of nitrogens with zero attached hydrogens (tertiary/aromatic N) is 2. The molecule has 7 heteroatoms. The molecule has 0 unspecified atom stereocenters. The van der Waals surface area contributed by atoms with E-state index in [0.717, 1.165) is 18.4 Å². The van der Waals surface area contributed by atoms with E-state index >= 15 is 0 Å². The number of aryl methyl sites for hydroxylation is 1. The van der Waals surface area contributed by atoms with E-state index in [-0.39, 0.29) is 24.0 Å². The molecule has 2 amide bonds. The average Bonchev–Trinajstić information content (AvgIpc) is 2.85. The Labute approximate surface area is 198 Å². The highest BCUT2D eigenvalue weighted by Gasteiger charge is 2.31. The molecule has 1 fully saturated rings. The summed E-state index contributed by atoms with van der Waals surface area (Å²) in [5.74, 6) is 0.518. The lowest BCUT2D eigenvalue weighted by Crippen LogP contribution is -2.44. The molecule has 3 aromatic rings. The molecule has 2 aromatic carbocycles. The molecule has 1 aliphatic heterocycles. The van der Waals surface area contributed by atoms with Gasteiger partial charge in [-0.05, 0) is 67.6 Å². The second-order valence-corrected chi connectivity index (χ2v) is 8.58. The highest BCUT2D eigenvalue weighted by Crippen LogP contribution is 2.32. The van der Waals surface area contributed by atoms with Gasteiger partial charge in [-0.25, -0.2) is 4.79 Å². The largest absolute Gasteiger partial charge is 0.415 e. The minimum absolute atomic E-state index is 0.144. The van der Waals surface area contributed by atoms with E-state index in [1.165, 1.54) is 0 Å². The van der Waals surface area contributed by atoms with Gasteiger partial charge < -0.3 is 15.0 Å². The number of pyridine rings is 1. The highest BCUT2D eigenvalue weighted by molar-refractivity contribution is 6.30. The first kappa shape index (κ1) is 22.8. The number of hydrogen-bond acceptors (Lipinski definition) is 4. The second-order valence-electron chi connectivity index (χ2n) is 8.15. The van der Waals surface area contributed by atoms with Crippen molar-refractivity contribution in [3.8, 4) is 5.75 Å². The molecule has 0 saturated carbocycles. The molecule has 2 heterocycles. The predicted octanol–water partition coefficient (Wildman–Crippen LogP) is 5.43. The molecule has 170 valence electrons. The highest BCUT2D eigenvalue weighted by atomic mass is 35.5. The van der Waals surface area contributed by atoms with Gasteiger partial charge >= 0.3 is 6.09 Å². The van der Waals surface area contributed by atoms with Gasteiger partial charge in [0.1, 0.15) is 0 Å². The van der Waals surface area contributed by atoms with E-state index in [1.807, 2.05) is 37.3 Å². The first-order valence-electron chi connectivity index (χ1n) is 11.0. The van der Waals surface area contributed by atoms with Gasteiger partial charge in [-0.1, -0.05) is 41.9 Å². The van der Waals surface area contributed by atoms with Crippen LogP contribution in [0.2, 0.25) is 5.02 Å². The summed E-state index contributed by atoms with van der Waals surface area (Å²) in [5.41, 5.74) is 2.29. The first-order chi connectivity index (χ1) is 16.0. The van der Waals surface area contributed by atoms with Crippen LogP contribution in [0.4, 0.5) is 4.79 Å². The monoisotopic (exact) mass is 463 g/mol. The van der Waals surface area contributed by atoms with E-state index < -0.39 is 0 Å². The summed E-state index contributed by atoms with van der Waals surface area (Å²) in [6, 6.07) is 20.1. The summed E-state index contributed by atoms with van der Waals surface area (Å²) in [7, 11) is 0. The number of amides is 2. The number of piperidine rings is 1. The molecule has 1 aromatic heterocycles. The van der Waals surface area contributed by atoms with E-state index in [1.54, 1.807) is 47.5 Å². The Balaban J connectivity index is 1.43. The molecule has 1 atom stereocenters. The maximum absolute atomic E-state index is 12.9. The Bertz CT molecular complexity index is 1100. The van der Waals surface area contributed by atoms with Gasteiger partial charge in [0.2, 0.25) is 0 Å². The fraction of sp³-hybridized carbons (Fsp3) is 0.269. The Morgan fingerprint density at radius 3 is 2.39 bits per heavy atom. The zero-order valence-electron chi connectivity index (χ0n) is 18.4. The minimum atomic E-state index is -0.369. The normalized spacial score (nSPS) is 15.0. The number of carbonyl (C=O) groups excluding carboxylic acids is 2. The second kappa shape index (κ2) is 10.5. The van der Waals surface area contributed by atoms with Crippen LogP contribution in [-0.4, -0.2) is 35.0 Å². The van der Waals surface area contributed by atoms with Crippen molar-refractivity contribution in [3.05, 3.63) is 94.8 Å². The Hall–Kier alpha value is -3.38. The van der Waals surface area contributed by atoms with Gasteiger partial charge in [0.05, 0.1) is 11.7 Å². The molecule has 4 rings (SSSR count). The van der Waals surface area contributed by atoms with Gasteiger partial charge in [0.25, 0.3) is 5.91 Å². The third-order valence-corrected chi connectivity index (χ3v) is 6.23. The number of ether oxygens (including phenoxy) is 1. The smallest absolute Gasteiger partial charge is 0.408 e. The molecule has 1 aliphatic rings. The molecule has 1 saturated heterocycles. The summed E-state index contributed by atoms with van der Waals surface area (Å²) in [5, 5.41) is 3.79. The zero-order chi connectivity index (χ0) is 23.2. The molecule has 0 bridgehead atoms. The number of aromatic nitrogens is 1. The van der Waals surface area contributed by atoms with Crippen LogP contribution in [0.1, 0.15) is 40.5 Å². The van der Waals surface area contributed by atoms with Gasteiger partial charge in [0.15, 0.2) is 5.75 Å². The number of benzene rings is 2. The topological polar surface area (TPSA) is 71.5 Å². The summed E-state index contributed by atoms with van der Waals surface area (Å²) in [6.45, 7) is 2.93. The lowest BCUT2D eigenvalue weighted by molar-refractivity contribution is 0.0885. The number of hydrogen-bond donors (Lipinski definition) is 1. The number of halogens is 1. The maximum Gasteiger partial charge on any atom is 0.415 e. The molecule has 0 aliphatic carbocycles. The van der Waals surface area contributed by atoms with E-state index in [2.05, 4.69) is 10.3 Å². The summed E-state index contributed by atoms with van der Waals surface area (Å²) < 4.78 is 5.54. The van der Waals surface area contributed by atoms with Crippen molar-refractivity contribution in [2.24, 2.45) is 5.92 Å². The lowest BCUT2D eigenvalue weighted by atomic mass is 9.85. The van der Waals surface area contributed by atoms with Crippen LogP contribution < -0.4 is 10.1 Å². The zero-order valence-corrected chi connectivity index (χ0v) is 19.2. The molecule has 1 N–H and O–H groups in total. The van der Waals surface area contributed by atoms with Crippen LogP contribution in [0, 0.1) is 12.8 Å². The third kappa shape index (κ3) is 5.71. The van der Waals surface area contributed by atoms with Crippen LogP contribution in [0.3, 0.4) is 0 Å². The number of nitrogens with one attached hydrogen (secondary N) is 1. The molecule has 0 radical (unpaired) electrons. The van der Waals surface area contributed by atoms with Gasteiger partial charge in [-0.15, -0.1) is 0 Å². The van der Waals surface area contributed by atoms with Crippen LogP contribution >= 0.6 is 11.6 Å². The SMILES string of the molecule is Cc1ncccc1OC(=O)N1CCC([C@H](NC(=O)c2ccc(Cl)cc2)c2ccccc2)CC1. The molecule has 33 heavy (non-hydrogen) atoms. The van der Waals surface area contributed by atoms with Crippen LogP contribution in [0.5, 0.6) is 5.75 Å². The predicted molar refractivity (Wildman–Crippen MR) is 127 cm³/mol.